The Morgan fingerprint density at radius 3 is 2.54 bits per heavy atom. The van der Waals surface area contributed by atoms with E-state index in [1.807, 2.05) is 32.4 Å². The van der Waals surface area contributed by atoms with Crippen molar-refractivity contribution in [1.82, 2.24) is 25.0 Å². The molecule has 3 aromatic heterocycles. The summed E-state index contributed by atoms with van der Waals surface area (Å²) in [6.45, 7) is 6.88. The number of aryl methyl sites for hydroxylation is 2. The quantitative estimate of drug-likeness (QED) is 0.671. The largest absolute Gasteiger partial charge is 0.467 e. The van der Waals surface area contributed by atoms with Crippen LogP contribution in [-0.2, 0) is 6.54 Å². The number of pyridine rings is 1. The third-order valence-corrected chi connectivity index (χ3v) is 5.40. The fraction of sp³-hybridized carbons (Fsp3) is 0.429. The Labute approximate surface area is 164 Å². The molecule has 0 radical (unpaired) electrons. The molecule has 0 atom stereocenters. The van der Waals surface area contributed by atoms with Crippen LogP contribution in [0.2, 0.25) is 0 Å². The summed E-state index contributed by atoms with van der Waals surface area (Å²) in [7, 11) is 1.58. The van der Waals surface area contributed by atoms with Crippen LogP contribution in [0.15, 0.2) is 35.2 Å². The van der Waals surface area contributed by atoms with Gasteiger partial charge < -0.3 is 9.26 Å². The Bertz CT molecular complexity index is 911. The molecule has 0 bridgehead atoms. The van der Waals surface area contributed by atoms with Gasteiger partial charge in [-0.1, -0.05) is 5.16 Å². The average Bonchev–Trinajstić information content (AvgIpc) is 3.07. The van der Waals surface area contributed by atoms with E-state index in [0.29, 0.717) is 11.9 Å². The second-order valence-corrected chi connectivity index (χ2v) is 7.30. The lowest BCUT2D eigenvalue weighted by Crippen LogP contribution is -2.32. The average molecular weight is 379 g/mol. The van der Waals surface area contributed by atoms with E-state index in [4.69, 9.17) is 9.26 Å². The highest BCUT2D eigenvalue weighted by Gasteiger charge is 2.22. The van der Waals surface area contributed by atoms with Crippen LogP contribution < -0.4 is 4.74 Å². The second-order valence-electron chi connectivity index (χ2n) is 7.30. The van der Waals surface area contributed by atoms with Crippen molar-refractivity contribution in [3.8, 4) is 17.3 Å². The smallest absolute Gasteiger partial charge is 0.316 e. The van der Waals surface area contributed by atoms with Crippen molar-refractivity contribution in [2.24, 2.45) is 0 Å². The molecule has 1 fully saturated rings. The summed E-state index contributed by atoms with van der Waals surface area (Å²) < 4.78 is 10.3. The summed E-state index contributed by atoms with van der Waals surface area (Å²) in [5.41, 5.74) is 5.31. The van der Waals surface area contributed by atoms with Crippen LogP contribution in [0.3, 0.4) is 0 Å². The molecule has 0 N–H and O–H groups in total. The van der Waals surface area contributed by atoms with Crippen LogP contribution in [0.1, 0.15) is 41.3 Å². The Morgan fingerprint density at radius 2 is 1.89 bits per heavy atom. The first-order valence-corrected chi connectivity index (χ1v) is 9.60. The minimum atomic E-state index is 0.411. The van der Waals surface area contributed by atoms with Gasteiger partial charge in [-0.05, 0) is 63.4 Å². The van der Waals surface area contributed by atoms with Crippen molar-refractivity contribution in [2.45, 2.75) is 39.2 Å². The zero-order valence-corrected chi connectivity index (χ0v) is 16.6. The number of hydrogen-bond donors (Lipinski definition) is 0. The van der Waals surface area contributed by atoms with Crippen LogP contribution >= 0.6 is 0 Å². The monoisotopic (exact) mass is 379 g/mol. The third kappa shape index (κ3) is 3.89. The molecule has 0 aliphatic carbocycles. The van der Waals surface area contributed by atoms with Gasteiger partial charge >= 0.3 is 6.01 Å². The van der Waals surface area contributed by atoms with Crippen LogP contribution in [0.25, 0.3) is 11.3 Å². The molecule has 1 saturated heterocycles. The molecular formula is C21H25N5O2. The standard InChI is InChI=1S/C21H25N5O2/c1-14-20(15(2)28-25-14)19-10-18(4-7-22-19)17-5-8-26(9-6-17)13-16-11-23-21(27-3)24-12-16/h4,7,10-12,17H,5-6,8-9,13H2,1-3H3. The van der Waals surface area contributed by atoms with Crippen molar-refractivity contribution in [3.05, 3.63) is 53.3 Å². The second kappa shape index (κ2) is 8.06. The zero-order valence-electron chi connectivity index (χ0n) is 16.6. The normalized spacial score (nSPS) is 15.7. The SMILES string of the molecule is COc1ncc(CN2CCC(c3ccnc(-c4c(C)noc4C)c3)CC2)cn1. The maximum atomic E-state index is 5.31. The lowest BCUT2D eigenvalue weighted by molar-refractivity contribution is 0.204. The molecule has 146 valence electrons. The van der Waals surface area contributed by atoms with Crippen molar-refractivity contribution in [3.63, 3.8) is 0 Å². The number of nitrogens with zero attached hydrogens (tertiary/aromatic N) is 5. The molecule has 0 saturated carbocycles. The van der Waals surface area contributed by atoms with Gasteiger partial charge in [0.05, 0.1) is 24.1 Å². The van der Waals surface area contributed by atoms with Crippen LogP contribution in [-0.4, -0.2) is 45.2 Å². The number of ether oxygens (including phenoxy) is 1. The molecule has 7 nitrogen and oxygen atoms in total. The number of piperidine rings is 1. The molecule has 0 amide bonds. The lowest BCUT2D eigenvalue weighted by Gasteiger charge is -2.32. The van der Waals surface area contributed by atoms with Gasteiger partial charge in [-0.2, -0.15) is 0 Å². The topological polar surface area (TPSA) is 77.2 Å². The van der Waals surface area contributed by atoms with Gasteiger partial charge in [0.1, 0.15) is 5.76 Å². The van der Waals surface area contributed by atoms with Crippen molar-refractivity contribution < 1.29 is 9.26 Å². The highest BCUT2D eigenvalue weighted by atomic mass is 16.5. The van der Waals surface area contributed by atoms with E-state index < -0.39 is 0 Å². The summed E-state index contributed by atoms with van der Waals surface area (Å²) in [5, 5.41) is 4.06. The maximum Gasteiger partial charge on any atom is 0.316 e. The van der Waals surface area contributed by atoms with E-state index in [1.165, 1.54) is 5.56 Å². The number of hydrogen-bond acceptors (Lipinski definition) is 7. The predicted octanol–water partition coefficient (Wildman–Crippen LogP) is 3.53. The predicted molar refractivity (Wildman–Crippen MR) is 105 cm³/mol. The number of aromatic nitrogens is 4. The fourth-order valence-electron chi connectivity index (χ4n) is 3.90. The van der Waals surface area contributed by atoms with Crippen molar-refractivity contribution >= 4 is 0 Å². The Kier molecular flexibility index (Phi) is 5.34. The molecule has 0 spiro atoms. The van der Waals surface area contributed by atoms with E-state index in [1.54, 1.807) is 7.11 Å². The van der Waals surface area contributed by atoms with E-state index in [2.05, 4.69) is 37.1 Å². The number of rotatable bonds is 5. The summed E-state index contributed by atoms with van der Waals surface area (Å²) >= 11 is 0. The number of likely N-dealkylation sites (tertiary alicyclic amines) is 1. The van der Waals surface area contributed by atoms with Crippen LogP contribution in [0.4, 0.5) is 0 Å². The Balaban J connectivity index is 1.40. The Morgan fingerprint density at radius 1 is 1.14 bits per heavy atom. The van der Waals surface area contributed by atoms with Gasteiger partial charge in [0.2, 0.25) is 0 Å². The summed E-state index contributed by atoms with van der Waals surface area (Å²) in [4.78, 5) is 15.4. The van der Waals surface area contributed by atoms with Crippen LogP contribution in [0.5, 0.6) is 6.01 Å². The van der Waals surface area contributed by atoms with Crippen molar-refractivity contribution in [2.75, 3.05) is 20.2 Å². The van der Waals surface area contributed by atoms with Gasteiger partial charge in [-0.3, -0.25) is 9.88 Å². The fourth-order valence-corrected chi connectivity index (χ4v) is 3.90. The minimum absolute atomic E-state index is 0.411. The molecule has 1 aliphatic rings. The molecule has 4 heterocycles. The lowest BCUT2D eigenvalue weighted by atomic mass is 9.89. The summed E-state index contributed by atoms with van der Waals surface area (Å²) in [5.74, 6) is 1.37. The van der Waals surface area contributed by atoms with E-state index in [9.17, 15) is 0 Å². The molecule has 4 rings (SSSR count). The first kappa shape index (κ1) is 18.6. The molecule has 3 aromatic rings. The first-order valence-electron chi connectivity index (χ1n) is 9.60. The van der Waals surface area contributed by atoms with E-state index in [-0.39, 0.29) is 0 Å². The molecule has 7 heteroatoms. The van der Waals surface area contributed by atoms with Gasteiger partial charge in [0.15, 0.2) is 0 Å². The first-order chi connectivity index (χ1) is 13.6. The van der Waals surface area contributed by atoms with Gasteiger partial charge in [0.25, 0.3) is 0 Å². The summed E-state index contributed by atoms with van der Waals surface area (Å²) in [6.07, 6.45) is 7.84. The van der Waals surface area contributed by atoms with Crippen LogP contribution in [0, 0.1) is 13.8 Å². The minimum Gasteiger partial charge on any atom is -0.467 e. The highest BCUT2D eigenvalue weighted by molar-refractivity contribution is 5.64. The zero-order chi connectivity index (χ0) is 19.5. The van der Waals surface area contributed by atoms with Gasteiger partial charge in [-0.25, -0.2) is 9.97 Å². The van der Waals surface area contributed by atoms with E-state index >= 15 is 0 Å². The molecular weight excluding hydrogens is 354 g/mol. The third-order valence-electron chi connectivity index (χ3n) is 5.40. The molecule has 0 aromatic carbocycles. The van der Waals surface area contributed by atoms with Gasteiger partial charge in [0, 0.05) is 30.7 Å². The maximum absolute atomic E-state index is 5.31. The molecule has 28 heavy (non-hydrogen) atoms. The highest BCUT2D eigenvalue weighted by Crippen LogP contribution is 2.32. The molecule has 0 unspecified atom stereocenters. The number of methoxy groups -OCH3 is 1. The molecule has 1 aliphatic heterocycles. The Hall–Kier alpha value is -2.80. The van der Waals surface area contributed by atoms with Crippen molar-refractivity contribution in [1.29, 1.82) is 0 Å². The van der Waals surface area contributed by atoms with E-state index in [0.717, 1.165) is 60.8 Å². The van der Waals surface area contributed by atoms with Gasteiger partial charge in [-0.15, -0.1) is 0 Å². The summed E-state index contributed by atoms with van der Waals surface area (Å²) in [6, 6.07) is 4.75.